The summed E-state index contributed by atoms with van der Waals surface area (Å²) in [5.74, 6) is -0.310. The van der Waals surface area contributed by atoms with Crippen LogP contribution in [0, 0.1) is 5.92 Å². The predicted molar refractivity (Wildman–Crippen MR) is 66.3 cm³/mol. The molecule has 2 atom stereocenters. The smallest absolute Gasteiger partial charge is 0.336 e. The first-order chi connectivity index (χ1) is 8.15. The number of hydrogen-bond acceptors (Lipinski definition) is 4. The molecule has 2 rings (SSSR count). The third-order valence-corrected chi connectivity index (χ3v) is 4.08. The molecule has 0 aliphatic heterocycles. The number of aromatic carboxylic acids is 1. The maximum absolute atomic E-state index is 10.7. The van der Waals surface area contributed by atoms with Crippen LogP contribution in [0.25, 0.3) is 0 Å². The lowest BCUT2D eigenvalue weighted by Gasteiger charge is -2.09. The SMILES string of the molecule is O=C(O)c1csc(CNCC2CCC(O)C2)c1. The zero-order chi connectivity index (χ0) is 12.3. The molecule has 1 heterocycles. The van der Waals surface area contributed by atoms with Crippen LogP contribution >= 0.6 is 11.3 Å². The van der Waals surface area contributed by atoms with E-state index in [2.05, 4.69) is 5.32 Å². The lowest BCUT2D eigenvalue weighted by Crippen LogP contribution is -2.20. The monoisotopic (exact) mass is 255 g/mol. The van der Waals surface area contributed by atoms with Crippen molar-refractivity contribution in [1.82, 2.24) is 5.32 Å². The number of rotatable bonds is 5. The molecule has 0 aromatic carbocycles. The van der Waals surface area contributed by atoms with Gasteiger partial charge in [0.05, 0.1) is 11.7 Å². The van der Waals surface area contributed by atoms with Crippen molar-refractivity contribution in [1.29, 1.82) is 0 Å². The van der Waals surface area contributed by atoms with Crippen molar-refractivity contribution in [2.45, 2.75) is 31.9 Å². The summed E-state index contributed by atoms with van der Waals surface area (Å²) in [5, 5.41) is 23.2. The van der Waals surface area contributed by atoms with E-state index < -0.39 is 5.97 Å². The standard InChI is InChI=1S/C12H17NO3S/c14-10-2-1-8(3-10)5-13-6-11-4-9(7-17-11)12(15)16/h4,7-8,10,13-14H,1-3,5-6H2,(H,15,16). The molecule has 1 aromatic rings. The summed E-state index contributed by atoms with van der Waals surface area (Å²) in [7, 11) is 0. The molecule has 2 unspecified atom stereocenters. The van der Waals surface area contributed by atoms with Gasteiger partial charge in [0.15, 0.2) is 0 Å². The lowest BCUT2D eigenvalue weighted by molar-refractivity contribution is 0.0697. The molecule has 0 amide bonds. The highest BCUT2D eigenvalue weighted by Gasteiger charge is 2.22. The molecule has 17 heavy (non-hydrogen) atoms. The Bertz CT molecular complexity index is 391. The van der Waals surface area contributed by atoms with Gasteiger partial charge in [-0.2, -0.15) is 0 Å². The number of aliphatic hydroxyl groups is 1. The summed E-state index contributed by atoms with van der Waals surface area (Å²) in [6, 6.07) is 1.71. The van der Waals surface area contributed by atoms with Crippen LogP contribution in [0.1, 0.15) is 34.5 Å². The van der Waals surface area contributed by atoms with Gasteiger partial charge in [0.1, 0.15) is 0 Å². The van der Waals surface area contributed by atoms with Gasteiger partial charge >= 0.3 is 5.97 Å². The Balaban J connectivity index is 1.72. The molecular formula is C12H17NO3S. The molecule has 0 radical (unpaired) electrons. The van der Waals surface area contributed by atoms with E-state index in [9.17, 15) is 9.90 Å². The van der Waals surface area contributed by atoms with Gasteiger partial charge in [0.2, 0.25) is 0 Å². The fourth-order valence-corrected chi connectivity index (χ4v) is 3.05. The molecule has 0 bridgehead atoms. The van der Waals surface area contributed by atoms with E-state index in [1.54, 1.807) is 11.4 Å². The molecule has 5 heteroatoms. The second kappa shape index (κ2) is 5.62. The molecule has 0 saturated heterocycles. The van der Waals surface area contributed by atoms with Crippen molar-refractivity contribution >= 4 is 17.3 Å². The number of carboxylic acids is 1. The van der Waals surface area contributed by atoms with Gasteiger partial charge in [0.25, 0.3) is 0 Å². The summed E-state index contributed by atoms with van der Waals surface area (Å²) in [6.07, 6.45) is 2.76. The first-order valence-corrected chi connectivity index (χ1v) is 6.72. The van der Waals surface area contributed by atoms with Crippen LogP contribution < -0.4 is 5.32 Å². The third kappa shape index (κ3) is 3.52. The van der Waals surface area contributed by atoms with Crippen LogP contribution in [0.5, 0.6) is 0 Å². The first-order valence-electron chi connectivity index (χ1n) is 5.84. The average Bonchev–Trinajstić information content (AvgIpc) is 2.88. The van der Waals surface area contributed by atoms with Crippen molar-refractivity contribution < 1.29 is 15.0 Å². The first kappa shape index (κ1) is 12.5. The third-order valence-electron chi connectivity index (χ3n) is 3.15. The minimum absolute atomic E-state index is 0.123. The van der Waals surface area contributed by atoms with E-state index in [4.69, 9.17) is 5.11 Å². The molecule has 1 aromatic heterocycles. The van der Waals surface area contributed by atoms with Gasteiger partial charge in [-0.3, -0.25) is 0 Å². The molecule has 94 valence electrons. The Kier molecular flexibility index (Phi) is 4.15. The predicted octanol–water partition coefficient (Wildman–Crippen LogP) is 1.70. The maximum Gasteiger partial charge on any atom is 0.336 e. The summed E-state index contributed by atoms with van der Waals surface area (Å²) < 4.78 is 0. The minimum Gasteiger partial charge on any atom is -0.478 e. The van der Waals surface area contributed by atoms with Gasteiger partial charge < -0.3 is 15.5 Å². The minimum atomic E-state index is -0.869. The van der Waals surface area contributed by atoms with Crippen LogP contribution in [0.3, 0.4) is 0 Å². The van der Waals surface area contributed by atoms with Gasteiger partial charge in [0, 0.05) is 16.8 Å². The Labute approximate surface area is 104 Å². The Morgan fingerprint density at radius 2 is 2.35 bits per heavy atom. The van der Waals surface area contributed by atoms with Crippen LogP contribution in [0.15, 0.2) is 11.4 Å². The zero-order valence-corrected chi connectivity index (χ0v) is 10.4. The van der Waals surface area contributed by atoms with Gasteiger partial charge in [-0.05, 0) is 37.8 Å². The molecular weight excluding hydrogens is 238 g/mol. The van der Waals surface area contributed by atoms with Gasteiger partial charge in [-0.1, -0.05) is 0 Å². The molecule has 3 N–H and O–H groups in total. The van der Waals surface area contributed by atoms with Crippen molar-refractivity contribution in [3.05, 3.63) is 21.9 Å². The molecule has 1 aliphatic carbocycles. The van der Waals surface area contributed by atoms with Crippen molar-refractivity contribution in [2.75, 3.05) is 6.54 Å². The number of carbonyl (C=O) groups is 1. The normalized spacial score (nSPS) is 24.1. The summed E-state index contributed by atoms with van der Waals surface area (Å²) in [6.45, 7) is 1.61. The van der Waals surface area contributed by atoms with E-state index in [0.717, 1.165) is 30.7 Å². The van der Waals surface area contributed by atoms with E-state index >= 15 is 0 Å². The fraction of sp³-hybridized carbons (Fsp3) is 0.583. The van der Waals surface area contributed by atoms with Crippen molar-refractivity contribution in [3.8, 4) is 0 Å². The molecule has 1 aliphatic rings. The van der Waals surface area contributed by atoms with Crippen molar-refractivity contribution in [2.24, 2.45) is 5.92 Å². The van der Waals surface area contributed by atoms with Gasteiger partial charge in [-0.25, -0.2) is 4.79 Å². The van der Waals surface area contributed by atoms with E-state index in [1.807, 2.05) is 0 Å². The molecule has 4 nitrogen and oxygen atoms in total. The Morgan fingerprint density at radius 1 is 1.53 bits per heavy atom. The number of thiophene rings is 1. The number of nitrogens with one attached hydrogen (secondary N) is 1. The van der Waals surface area contributed by atoms with Crippen LogP contribution in [-0.4, -0.2) is 28.8 Å². The lowest BCUT2D eigenvalue weighted by atomic mass is 10.1. The number of aliphatic hydroxyl groups excluding tert-OH is 1. The van der Waals surface area contributed by atoms with Crippen LogP contribution in [0.4, 0.5) is 0 Å². The zero-order valence-electron chi connectivity index (χ0n) is 9.56. The second-order valence-electron chi connectivity index (χ2n) is 4.57. The molecule has 0 spiro atoms. The van der Waals surface area contributed by atoms with Crippen LogP contribution in [-0.2, 0) is 6.54 Å². The molecule has 1 saturated carbocycles. The highest BCUT2D eigenvalue weighted by Crippen LogP contribution is 2.24. The quantitative estimate of drug-likeness (QED) is 0.749. The topological polar surface area (TPSA) is 69.6 Å². The maximum atomic E-state index is 10.7. The largest absolute Gasteiger partial charge is 0.478 e. The van der Waals surface area contributed by atoms with E-state index in [-0.39, 0.29) is 6.10 Å². The molecule has 1 fully saturated rings. The Morgan fingerprint density at radius 3 is 2.94 bits per heavy atom. The second-order valence-corrected chi connectivity index (χ2v) is 5.57. The number of hydrogen-bond donors (Lipinski definition) is 3. The summed E-state index contributed by atoms with van der Waals surface area (Å²) in [4.78, 5) is 11.7. The van der Waals surface area contributed by atoms with Crippen LogP contribution in [0.2, 0.25) is 0 Å². The number of carboxylic acid groups (broad SMARTS) is 1. The summed E-state index contributed by atoms with van der Waals surface area (Å²) >= 11 is 1.47. The van der Waals surface area contributed by atoms with Gasteiger partial charge in [-0.15, -0.1) is 11.3 Å². The van der Waals surface area contributed by atoms with Crippen molar-refractivity contribution in [3.63, 3.8) is 0 Å². The Hall–Kier alpha value is -0.910. The van der Waals surface area contributed by atoms with E-state index in [1.165, 1.54) is 11.3 Å². The highest BCUT2D eigenvalue weighted by atomic mass is 32.1. The highest BCUT2D eigenvalue weighted by molar-refractivity contribution is 7.10. The average molecular weight is 255 g/mol. The fourth-order valence-electron chi connectivity index (χ4n) is 2.22. The summed E-state index contributed by atoms with van der Waals surface area (Å²) in [5.41, 5.74) is 0.364. The van der Waals surface area contributed by atoms with E-state index in [0.29, 0.717) is 18.0 Å².